The van der Waals surface area contributed by atoms with Crippen LogP contribution in [0.1, 0.15) is 46.0 Å². The number of hydrogen-bond donors (Lipinski definition) is 1. The average molecular weight is 167 g/mol. The van der Waals surface area contributed by atoms with Crippen molar-refractivity contribution in [1.29, 1.82) is 0 Å². The van der Waals surface area contributed by atoms with Crippen LogP contribution in [0.4, 0.5) is 0 Å². The Morgan fingerprint density at radius 3 is 2.42 bits per heavy atom. The highest BCUT2D eigenvalue weighted by Gasteiger charge is 2.19. The summed E-state index contributed by atoms with van der Waals surface area (Å²) >= 11 is 0. The van der Waals surface area contributed by atoms with Gasteiger partial charge in [-0.25, -0.2) is 0 Å². The quantitative estimate of drug-likeness (QED) is 0.681. The fourth-order valence-electron chi connectivity index (χ4n) is 2.14. The van der Waals surface area contributed by atoms with Crippen LogP contribution in [0, 0.1) is 5.92 Å². The lowest BCUT2D eigenvalue weighted by molar-refractivity contribution is 0.293. The molecule has 1 heteroatoms. The topological polar surface area (TPSA) is 12.0 Å². The van der Waals surface area contributed by atoms with Gasteiger partial charge in [0.05, 0.1) is 0 Å². The van der Waals surface area contributed by atoms with Crippen molar-refractivity contribution >= 4 is 0 Å². The van der Waals surface area contributed by atoms with Crippen LogP contribution < -0.4 is 5.32 Å². The van der Waals surface area contributed by atoms with Crippen LogP contribution in [0.15, 0.2) is 12.3 Å². The van der Waals surface area contributed by atoms with E-state index in [9.17, 15) is 0 Å². The predicted octanol–water partition coefficient (Wildman–Crippen LogP) is 3.08. The van der Waals surface area contributed by atoms with E-state index in [4.69, 9.17) is 0 Å². The molecule has 0 aliphatic heterocycles. The van der Waals surface area contributed by atoms with E-state index in [-0.39, 0.29) is 0 Å². The molecule has 0 bridgehead atoms. The van der Waals surface area contributed by atoms with Gasteiger partial charge in [-0.3, -0.25) is 0 Å². The summed E-state index contributed by atoms with van der Waals surface area (Å²) < 4.78 is 0. The van der Waals surface area contributed by atoms with Gasteiger partial charge in [-0.2, -0.15) is 0 Å². The molecular formula is C11H21N. The fraction of sp³-hybridized carbons (Fsp3) is 0.818. The maximum Gasteiger partial charge on any atom is 0.0257 e. The molecule has 12 heavy (non-hydrogen) atoms. The lowest BCUT2D eigenvalue weighted by Gasteiger charge is -2.28. The second kappa shape index (κ2) is 4.54. The molecule has 1 aliphatic rings. The van der Waals surface area contributed by atoms with Crippen LogP contribution in [0.2, 0.25) is 0 Å². The molecule has 0 aromatic rings. The van der Waals surface area contributed by atoms with Gasteiger partial charge in [0.25, 0.3) is 0 Å². The average Bonchev–Trinajstić information content (AvgIpc) is 2.05. The predicted molar refractivity (Wildman–Crippen MR) is 54.0 cm³/mol. The minimum absolute atomic E-state index is 0.628. The molecular weight excluding hydrogens is 146 g/mol. The number of hydrogen-bond acceptors (Lipinski definition) is 1. The van der Waals surface area contributed by atoms with Gasteiger partial charge in [-0.1, -0.05) is 25.8 Å². The van der Waals surface area contributed by atoms with E-state index in [1.807, 2.05) is 6.92 Å². The molecule has 0 saturated heterocycles. The van der Waals surface area contributed by atoms with Gasteiger partial charge in [0.2, 0.25) is 0 Å². The number of nitrogens with one attached hydrogen (secondary N) is 1. The summed E-state index contributed by atoms with van der Waals surface area (Å²) in [5, 5.41) is 3.42. The van der Waals surface area contributed by atoms with Crippen molar-refractivity contribution in [1.82, 2.24) is 5.32 Å². The van der Waals surface area contributed by atoms with Crippen molar-refractivity contribution in [3.63, 3.8) is 0 Å². The van der Waals surface area contributed by atoms with Crippen LogP contribution in [0.3, 0.4) is 0 Å². The van der Waals surface area contributed by atoms with Gasteiger partial charge in [0, 0.05) is 11.7 Å². The molecule has 1 N–H and O–H groups in total. The van der Waals surface area contributed by atoms with Crippen molar-refractivity contribution in [2.45, 2.75) is 52.0 Å². The minimum Gasteiger partial charge on any atom is -0.386 e. The fourth-order valence-corrected chi connectivity index (χ4v) is 2.14. The summed E-state index contributed by atoms with van der Waals surface area (Å²) in [7, 11) is 0. The van der Waals surface area contributed by atoms with Crippen molar-refractivity contribution in [3.8, 4) is 0 Å². The highest BCUT2D eigenvalue weighted by Crippen LogP contribution is 2.26. The van der Waals surface area contributed by atoms with E-state index in [1.54, 1.807) is 0 Å². The van der Waals surface area contributed by atoms with Crippen LogP contribution >= 0.6 is 0 Å². The van der Waals surface area contributed by atoms with Crippen molar-refractivity contribution < 1.29 is 0 Å². The molecule has 0 spiro atoms. The third-order valence-corrected chi connectivity index (χ3v) is 2.83. The largest absolute Gasteiger partial charge is 0.386 e. The van der Waals surface area contributed by atoms with E-state index in [1.165, 1.54) is 32.1 Å². The van der Waals surface area contributed by atoms with Gasteiger partial charge in [0.15, 0.2) is 0 Å². The summed E-state index contributed by atoms with van der Waals surface area (Å²) in [6.07, 6.45) is 7.10. The van der Waals surface area contributed by atoms with E-state index >= 15 is 0 Å². The Morgan fingerprint density at radius 2 is 1.92 bits per heavy atom. The lowest BCUT2D eigenvalue weighted by Crippen LogP contribution is -2.33. The first-order valence-electron chi connectivity index (χ1n) is 5.12. The summed E-state index contributed by atoms with van der Waals surface area (Å²) in [5.74, 6) is 0.885. The van der Waals surface area contributed by atoms with Crippen LogP contribution in [0.25, 0.3) is 0 Å². The zero-order chi connectivity index (χ0) is 8.97. The molecule has 0 amide bonds. The van der Waals surface area contributed by atoms with Crippen LogP contribution in [0.5, 0.6) is 0 Å². The van der Waals surface area contributed by atoms with Crippen molar-refractivity contribution in [2.75, 3.05) is 0 Å². The molecule has 1 unspecified atom stereocenters. The Bertz CT molecular complexity index is 145. The first-order valence-corrected chi connectivity index (χ1v) is 5.12. The third kappa shape index (κ3) is 2.88. The third-order valence-electron chi connectivity index (χ3n) is 2.83. The van der Waals surface area contributed by atoms with Crippen molar-refractivity contribution in [3.05, 3.63) is 12.3 Å². The highest BCUT2D eigenvalue weighted by atomic mass is 14.9. The van der Waals surface area contributed by atoms with E-state index in [0.29, 0.717) is 6.04 Å². The molecule has 1 saturated carbocycles. The second-order valence-electron chi connectivity index (χ2n) is 4.11. The molecule has 0 aromatic carbocycles. The van der Waals surface area contributed by atoms with E-state index < -0.39 is 0 Å². The molecule has 0 aromatic heterocycles. The molecule has 1 nitrogen and oxygen atoms in total. The number of allylic oxidation sites excluding steroid dienone is 1. The summed E-state index contributed by atoms with van der Waals surface area (Å²) in [5.41, 5.74) is 1.10. The van der Waals surface area contributed by atoms with Crippen molar-refractivity contribution in [2.24, 2.45) is 5.92 Å². The molecule has 0 radical (unpaired) electrons. The van der Waals surface area contributed by atoms with Gasteiger partial charge in [-0.05, 0) is 32.6 Å². The molecule has 0 heterocycles. The Hall–Kier alpha value is -0.460. The molecule has 1 aliphatic carbocycles. The Labute approximate surface area is 76.2 Å². The van der Waals surface area contributed by atoms with E-state index in [0.717, 1.165) is 11.6 Å². The molecule has 1 atom stereocenters. The zero-order valence-corrected chi connectivity index (χ0v) is 8.40. The number of rotatable bonds is 3. The van der Waals surface area contributed by atoms with Crippen LogP contribution in [-0.4, -0.2) is 6.04 Å². The normalized spacial score (nSPS) is 21.8. The van der Waals surface area contributed by atoms with E-state index in [2.05, 4.69) is 18.8 Å². The SMILES string of the molecule is C=C(C)NC(C)C1CCCCC1. The second-order valence-corrected chi connectivity index (χ2v) is 4.11. The van der Waals surface area contributed by atoms with Gasteiger partial charge < -0.3 is 5.32 Å². The summed E-state index contributed by atoms with van der Waals surface area (Å²) in [6, 6.07) is 0.628. The van der Waals surface area contributed by atoms with Gasteiger partial charge in [0.1, 0.15) is 0 Å². The Kier molecular flexibility index (Phi) is 3.64. The first-order chi connectivity index (χ1) is 5.70. The first kappa shape index (κ1) is 9.63. The van der Waals surface area contributed by atoms with Crippen LogP contribution in [-0.2, 0) is 0 Å². The maximum atomic E-state index is 3.88. The monoisotopic (exact) mass is 167 g/mol. The summed E-state index contributed by atoms with van der Waals surface area (Å²) in [6.45, 7) is 8.20. The van der Waals surface area contributed by atoms with Gasteiger partial charge in [-0.15, -0.1) is 0 Å². The summed E-state index contributed by atoms with van der Waals surface area (Å²) in [4.78, 5) is 0. The minimum atomic E-state index is 0.628. The lowest BCUT2D eigenvalue weighted by atomic mass is 9.84. The Balaban J connectivity index is 2.29. The molecule has 1 fully saturated rings. The zero-order valence-electron chi connectivity index (χ0n) is 8.40. The smallest absolute Gasteiger partial charge is 0.0257 e. The maximum absolute atomic E-state index is 3.88. The molecule has 1 rings (SSSR count). The molecule has 70 valence electrons. The standard InChI is InChI=1S/C11H21N/c1-9(2)12-10(3)11-7-5-4-6-8-11/h10-12H,1,4-8H2,2-3H3. The Morgan fingerprint density at radius 1 is 1.33 bits per heavy atom. The highest BCUT2D eigenvalue weighted by molar-refractivity contribution is 4.89. The van der Waals surface area contributed by atoms with Gasteiger partial charge >= 0.3 is 0 Å².